The fourth-order valence-corrected chi connectivity index (χ4v) is 3.12. The number of nitrogens with one attached hydrogen (secondary N) is 3. The van der Waals surface area contributed by atoms with Crippen LogP contribution in [0.15, 0.2) is 83.7 Å². The Morgan fingerprint density at radius 2 is 1.77 bits per heavy atom. The highest BCUT2D eigenvalue weighted by molar-refractivity contribution is 7.71. The van der Waals surface area contributed by atoms with Gasteiger partial charge in [0.2, 0.25) is 0 Å². The third-order valence-corrected chi connectivity index (χ3v) is 4.78. The monoisotopic (exact) mass is 418 g/mol. The topological polar surface area (TPSA) is 92.1 Å². The first-order valence-electron chi connectivity index (χ1n) is 9.18. The Hall–Kier alpha value is -3.91. The van der Waals surface area contributed by atoms with Gasteiger partial charge in [0, 0.05) is 35.9 Å². The highest BCUT2D eigenvalue weighted by atomic mass is 32.1. The second-order valence-electron chi connectivity index (χ2n) is 6.49. The van der Waals surface area contributed by atoms with Crippen LogP contribution < -0.4 is 10.6 Å². The van der Waals surface area contributed by atoms with Crippen LogP contribution in [0.4, 0.5) is 5.69 Å². The van der Waals surface area contributed by atoms with Crippen LogP contribution in [0.5, 0.6) is 0 Å². The van der Waals surface area contributed by atoms with Crippen molar-refractivity contribution in [3.63, 3.8) is 0 Å². The van der Waals surface area contributed by atoms with Gasteiger partial charge >= 0.3 is 0 Å². The van der Waals surface area contributed by atoms with E-state index in [0.29, 0.717) is 22.6 Å². The minimum atomic E-state index is -0.314. The summed E-state index contributed by atoms with van der Waals surface area (Å²) in [5.74, 6) is -0.240. The lowest BCUT2D eigenvalue weighted by Gasteiger charge is -2.08. The second kappa shape index (κ2) is 8.62. The van der Waals surface area contributed by atoms with E-state index in [4.69, 9.17) is 16.6 Å². The minimum Gasteiger partial charge on any atom is -0.459 e. The summed E-state index contributed by atoms with van der Waals surface area (Å²) in [6, 6.07) is 17.7. The van der Waals surface area contributed by atoms with E-state index in [9.17, 15) is 9.59 Å². The van der Waals surface area contributed by atoms with Crippen LogP contribution in [0.2, 0.25) is 0 Å². The summed E-state index contributed by atoms with van der Waals surface area (Å²) in [7, 11) is 0. The molecule has 0 fully saturated rings. The lowest BCUT2D eigenvalue weighted by molar-refractivity contribution is 0.0950. The smallest absolute Gasteiger partial charge is 0.291 e. The van der Waals surface area contributed by atoms with Crippen LogP contribution in [-0.2, 0) is 6.54 Å². The average Bonchev–Trinajstić information content (AvgIpc) is 3.45. The first kappa shape index (κ1) is 19.4. The number of aromatic amines is 1. The van der Waals surface area contributed by atoms with E-state index in [-0.39, 0.29) is 17.6 Å². The summed E-state index contributed by atoms with van der Waals surface area (Å²) < 4.78 is 7.48. The maximum atomic E-state index is 12.4. The number of anilines is 1. The van der Waals surface area contributed by atoms with Crippen molar-refractivity contribution in [1.29, 1.82) is 0 Å². The molecule has 0 saturated heterocycles. The van der Waals surface area contributed by atoms with Crippen molar-refractivity contribution in [2.45, 2.75) is 6.54 Å². The molecule has 4 aromatic rings. The normalized spacial score (nSPS) is 10.5. The third kappa shape index (κ3) is 4.39. The Labute approximate surface area is 177 Å². The zero-order valence-corrected chi connectivity index (χ0v) is 16.6. The van der Waals surface area contributed by atoms with Crippen LogP contribution in [0.25, 0.3) is 5.69 Å². The molecule has 0 aliphatic heterocycles. The third-order valence-electron chi connectivity index (χ3n) is 4.47. The van der Waals surface area contributed by atoms with Gasteiger partial charge in [0.15, 0.2) is 10.5 Å². The number of H-pyrrole nitrogens is 1. The second-order valence-corrected chi connectivity index (χ2v) is 6.88. The number of imidazole rings is 1. The molecule has 2 aromatic heterocycles. The molecule has 0 bridgehead atoms. The predicted octanol–water partition coefficient (Wildman–Crippen LogP) is 4.31. The zero-order chi connectivity index (χ0) is 20.9. The van der Waals surface area contributed by atoms with E-state index >= 15 is 0 Å². The quantitative estimate of drug-likeness (QED) is 0.407. The molecule has 0 aliphatic rings. The van der Waals surface area contributed by atoms with E-state index in [1.165, 1.54) is 6.26 Å². The molecule has 0 radical (unpaired) electrons. The number of nitrogens with zero attached hydrogens (tertiary/aromatic N) is 1. The molecule has 150 valence electrons. The largest absolute Gasteiger partial charge is 0.459 e. The number of hydrogen-bond acceptors (Lipinski definition) is 4. The highest BCUT2D eigenvalue weighted by Crippen LogP contribution is 2.13. The van der Waals surface area contributed by atoms with Gasteiger partial charge in [-0.15, -0.1) is 0 Å². The van der Waals surface area contributed by atoms with Gasteiger partial charge in [0.05, 0.1) is 6.26 Å². The van der Waals surface area contributed by atoms with Crippen LogP contribution in [-0.4, -0.2) is 21.4 Å². The zero-order valence-electron chi connectivity index (χ0n) is 15.8. The first-order chi connectivity index (χ1) is 14.6. The summed E-state index contributed by atoms with van der Waals surface area (Å²) in [6.45, 7) is 0.371. The van der Waals surface area contributed by atoms with Crippen molar-refractivity contribution in [1.82, 2.24) is 14.9 Å². The van der Waals surface area contributed by atoms with Crippen LogP contribution >= 0.6 is 12.2 Å². The Morgan fingerprint density at radius 3 is 2.40 bits per heavy atom. The summed E-state index contributed by atoms with van der Waals surface area (Å²) in [5, 5.41) is 5.64. The van der Waals surface area contributed by atoms with Gasteiger partial charge in [-0.2, -0.15) is 0 Å². The van der Waals surface area contributed by atoms with E-state index in [2.05, 4.69) is 15.6 Å². The van der Waals surface area contributed by atoms with Crippen molar-refractivity contribution < 1.29 is 14.0 Å². The molecule has 2 aromatic carbocycles. The first-order valence-corrected chi connectivity index (χ1v) is 9.59. The summed E-state index contributed by atoms with van der Waals surface area (Å²) in [5.41, 5.74) is 2.99. The van der Waals surface area contributed by atoms with Gasteiger partial charge in [-0.25, -0.2) is 0 Å². The minimum absolute atomic E-state index is 0.172. The van der Waals surface area contributed by atoms with Crippen molar-refractivity contribution in [2.75, 3.05) is 5.32 Å². The number of aromatic nitrogens is 2. The Bertz CT molecular complexity index is 1210. The number of hydrogen-bond donors (Lipinski definition) is 3. The molecule has 3 N–H and O–H groups in total. The van der Waals surface area contributed by atoms with Crippen LogP contribution in [0.3, 0.4) is 0 Å². The number of carbonyl (C=O) groups is 2. The molecule has 7 nitrogen and oxygen atoms in total. The number of benzene rings is 2. The SMILES string of the molecule is O=C(NCc1ccc(NC(=O)c2ccco2)cc1)c1ccc(-n2cc[nH]c2=S)cc1. The molecular formula is C22H18N4O3S. The Morgan fingerprint density at radius 1 is 1.00 bits per heavy atom. The van der Waals surface area contributed by atoms with Crippen molar-refractivity contribution in [3.8, 4) is 5.69 Å². The molecular weight excluding hydrogens is 400 g/mol. The molecule has 2 amide bonds. The van der Waals surface area contributed by atoms with Crippen LogP contribution in [0.1, 0.15) is 26.5 Å². The fourth-order valence-electron chi connectivity index (χ4n) is 2.89. The van der Waals surface area contributed by atoms with Crippen molar-refractivity contribution >= 4 is 29.7 Å². The van der Waals surface area contributed by atoms with Gasteiger partial charge in [-0.1, -0.05) is 12.1 Å². The summed E-state index contributed by atoms with van der Waals surface area (Å²) >= 11 is 5.20. The molecule has 0 unspecified atom stereocenters. The van der Waals surface area contributed by atoms with Gasteiger partial charge in [0.25, 0.3) is 11.8 Å². The predicted molar refractivity (Wildman–Crippen MR) is 115 cm³/mol. The number of furan rings is 1. The van der Waals surface area contributed by atoms with Crippen molar-refractivity contribution in [2.24, 2.45) is 0 Å². The summed E-state index contributed by atoms with van der Waals surface area (Å²) in [4.78, 5) is 27.3. The van der Waals surface area contributed by atoms with E-state index in [1.807, 2.05) is 35.0 Å². The molecule has 0 aliphatic carbocycles. The summed E-state index contributed by atoms with van der Waals surface area (Å²) in [6.07, 6.45) is 5.04. The highest BCUT2D eigenvalue weighted by Gasteiger charge is 2.09. The molecule has 30 heavy (non-hydrogen) atoms. The van der Waals surface area contributed by atoms with Crippen LogP contribution in [0, 0.1) is 4.77 Å². The van der Waals surface area contributed by atoms with Gasteiger partial charge < -0.3 is 20.0 Å². The average molecular weight is 418 g/mol. The lowest BCUT2D eigenvalue weighted by atomic mass is 10.1. The van der Waals surface area contributed by atoms with E-state index in [0.717, 1.165) is 11.3 Å². The Balaban J connectivity index is 1.33. The molecule has 0 atom stereocenters. The standard InChI is InChI=1S/C22H18N4O3S/c27-20(16-5-9-18(10-6-16)26-12-11-23-22(26)30)24-14-15-3-7-17(8-4-15)25-21(28)19-2-1-13-29-19/h1-13H,14H2,(H,23,30)(H,24,27)(H,25,28). The molecule has 2 heterocycles. The molecule has 4 rings (SSSR count). The maximum Gasteiger partial charge on any atom is 0.291 e. The molecule has 0 spiro atoms. The molecule has 8 heteroatoms. The van der Waals surface area contributed by atoms with E-state index in [1.54, 1.807) is 42.6 Å². The van der Waals surface area contributed by atoms with Gasteiger partial charge in [0.1, 0.15) is 0 Å². The number of amides is 2. The maximum absolute atomic E-state index is 12.4. The Kier molecular flexibility index (Phi) is 5.58. The van der Waals surface area contributed by atoms with Gasteiger partial charge in [-0.3, -0.25) is 14.2 Å². The fraction of sp³-hybridized carbons (Fsp3) is 0.0455. The number of rotatable bonds is 6. The molecule has 0 saturated carbocycles. The van der Waals surface area contributed by atoms with Crippen molar-refractivity contribution in [3.05, 3.63) is 101 Å². The lowest BCUT2D eigenvalue weighted by Crippen LogP contribution is -2.22. The number of carbonyl (C=O) groups excluding carboxylic acids is 2. The van der Waals surface area contributed by atoms with Gasteiger partial charge in [-0.05, 0) is 66.3 Å². The van der Waals surface area contributed by atoms with E-state index < -0.39 is 0 Å².